The third kappa shape index (κ3) is 17.9. The first-order chi connectivity index (χ1) is 46.9. The summed E-state index contributed by atoms with van der Waals surface area (Å²) in [5, 5.41) is 9.50. The molecule has 0 aliphatic rings. The molecule has 0 saturated carbocycles. The van der Waals surface area contributed by atoms with Crippen LogP contribution < -0.4 is 0 Å². The molecule has 0 nitrogen and oxygen atoms in total. The summed E-state index contributed by atoms with van der Waals surface area (Å²) in [7, 11) is 0. The van der Waals surface area contributed by atoms with Gasteiger partial charge in [-0.25, -0.2) is 52.7 Å². The monoisotopic (exact) mass is 1350 g/mol. The van der Waals surface area contributed by atoms with Crippen molar-refractivity contribution >= 4 is 75.4 Å². The summed E-state index contributed by atoms with van der Waals surface area (Å²) in [6.45, 7) is 24.6. The Kier molecular flexibility index (Phi) is 24.7. The molecule has 0 N–H and O–H groups in total. The van der Waals surface area contributed by atoms with Crippen molar-refractivity contribution in [2.45, 2.75) is 117 Å². The molecule has 0 bridgehead atoms. The maximum absolute atomic E-state index is 13.6. The molecule has 12 heteroatoms. The molecule has 14 aromatic carbocycles. The van der Waals surface area contributed by atoms with E-state index in [1.165, 1.54) is 37.1 Å². The van der Waals surface area contributed by atoms with Crippen LogP contribution in [-0.2, 0) is 13.3 Å². The van der Waals surface area contributed by atoms with Gasteiger partial charge < -0.3 is 0 Å². The smallest absolute Gasteiger partial charge is 0.246 e. The van der Waals surface area contributed by atoms with Gasteiger partial charge in [-0.1, -0.05) is 197 Å². The van der Waals surface area contributed by atoms with Gasteiger partial charge in [0, 0.05) is 16.3 Å². The Labute approximate surface area is 571 Å². The summed E-state index contributed by atoms with van der Waals surface area (Å²) in [6, 6.07) is 57.1. The zero-order valence-corrected chi connectivity index (χ0v) is 57.9. The molecular weight excluding hydrogens is 1270 g/mol. The number of fused-ring (bicyclic) bond motifs is 7. The normalized spacial score (nSPS) is 10.9. The summed E-state index contributed by atoms with van der Waals surface area (Å²) in [6.07, 6.45) is -2.41. The van der Waals surface area contributed by atoms with E-state index in [1.54, 1.807) is 82.3 Å². The van der Waals surface area contributed by atoms with Crippen LogP contribution in [0.5, 0.6) is 0 Å². The number of alkyl halides is 4. The molecule has 0 aliphatic heterocycles. The van der Waals surface area contributed by atoms with E-state index in [-0.39, 0.29) is 41.1 Å². The van der Waals surface area contributed by atoms with Gasteiger partial charge >= 0.3 is 0 Å². The Morgan fingerprint density at radius 2 is 0.606 bits per heavy atom. The average molecular weight is 1350 g/mol. The minimum atomic E-state index is -2.41. The highest BCUT2D eigenvalue weighted by Gasteiger charge is 2.17. The predicted octanol–water partition coefficient (Wildman–Crippen LogP) is 27.2. The second-order valence-electron chi connectivity index (χ2n) is 25.5. The van der Waals surface area contributed by atoms with Crippen LogP contribution >= 0.6 is 0 Å². The Hall–Kier alpha value is -9.94. The van der Waals surface area contributed by atoms with Crippen LogP contribution in [0, 0.1) is 143 Å². The molecule has 0 aromatic heterocycles. The van der Waals surface area contributed by atoms with Gasteiger partial charge in [0.1, 0.15) is 36.6 Å². The lowest BCUT2D eigenvalue weighted by molar-refractivity contribution is 0.153. The summed E-state index contributed by atoms with van der Waals surface area (Å²) in [4.78, 5) is 0. The maximum atomic E-state index is 13.6. The van der Waals surface area contributed by atoms with Crippen LogP contribution in [0.25, 0.3) is 75.4 Å². The summed E-state index contributed by atoms with van der Waals surface area (Å²) in [5.74, 6) is -5.31. The van der Waals surface area contributed by atoms with Gasteiger partial charge in [-0.3, -0.25) is 0 Å². The third-order valence-corrected chi connectivity index (χ3v) is 17.2. The quantitative estimate of drug-likeness (QED) is 0.155. The minimum Gasteiger partial charge on any atom is -0.246 e. The number of hydrogen-bond donors (Lipinski definition) is 0. The van der Waals surface area contributed by atoms with Crippen LogP contribution in [0.2, 0.25) is 0 Å². The van der Waals surface area contributed by atoms with E-state index in [4.69, 9.17) is 0 Å². The molecule has 0 radical (unpaired) electrons. The lowest BCUT2D eigenvalue weighted by atomic mass is 9.99. The summed E-state index contributed by atoms with van der Waals surface area (Å²) in [5.41, 5.74) is 13.1. The molecule has 0 heterocycles. The van der Waals surface area contributed by atoms with E-state index < -0.39 is 47.1 Å². The molecule has 14 rings (SSSR count). The Balaban J connectivity index is 0.000000147. The average Bonchev–Trinajstić information content (AvgIpc) is 0.792. The van der Waals surface area contributed by atoms with Crippen molar-refractivity contribution in [3.05, 3.63) is 329 Å². The van der Waals surface area contributed by atoms with E-state index in [0.29, 0.717) is 49.2 Å². The molecule has 0 saturated heterocycles. The van der Waals surface area contributed by atoms with Gasteiger partial charge in [-0.15, -0.1) is 0 Å². The van der Waals surface area contributed by atoms with Crippen molar-refractivity contribution in [3.63, 3.8) is 0 Å². The number of rotatable bonds is 3. The van der Waals surface area contributed by atoms with Crippen molar-refractivity contribution in [2.75, 3.05) is 0 Å². The van der Waals surface area contributed by atoms with Gasteiger partial charge in [-0.2, -0.15) is 0 Å². The molecule has 0 amide bonds. The first kappa shape index (κ1) is 74.8. The highest BCUT2D eigenvalue weighted by Crippen LogP contribution is 2.33. The highest BCUT2D eigenvalue weighted by atomic mass is 19.3. The molecule has 14 aromatic rings. The third-order valence-electron chi connectivity index (χ3n) is 17.2. The zero-order chi connectivity index (χ0) is 72.4. The lowest BCUT2D eigenvalue weighted by Gasteiger charge is -2.08. The van der Waals surface area contributed by atoms with E-state index in [9.17, 15) is 52.7 Å². The van der Waals surface area contributed by atoms with Gasteiger partial charge in [0.2, 0.25) is 0 Å². The fourth-order valence-electron chi connectivity index (χ4n) is 11.8. The topological polar surface area (TPSA) is 0 Å². The first-order valence-corrected chi connectivity index (χ1v) is 32.2. The fraction of sp³-hybridized carbons (Fsp3) is 0.195. The standard InChI is InChI=1S/C13H12F2.2C13H13F.C12H9F3.2C12H10F2.C12H11F/c1-8-3-4-10-5-9(2)7-12(13(14)15)11(10)6-8;1-9-3-6-12-11(7-9)5-4-10(2)13(12)8-14;1-9-3-4-11-5-10(2)6-12(8-14)13(11)7-9;1-6-3-4-8-5-7(2)11(14)12(15)9(8)10(6)13;1-7-5-9-4-3-8(2)12(14)11(9)10(13)6-7;1-7-3-4-9-6-8(2)11(13)12(14)10(9)5-7;1-8-3-6-11-10(7-8)5-4-9(2)12(11)13/h3-7,13H,1-2H3;2*3-7H,8H2,1-2H3;3-5H,1-2H3;2*3-6H,1-2H3;3-7H,1-2H3. The van der Waals surface area contributed by atoms with Crippen LogP contribution in [0.15, 0.2) is 188 Å². The van der Waals surface area contributed by atoms with Crippen molar-refractivity contribution in [1.82, 2.24) is 0 Å². The highest BCUT2D eigenvalue weighted by molar-refractivity contribution is 5.91. The molecule has 0 unspecified atom stereocenters. The van der Waals surface area contributed by atoms with Gasteiger partial charge in [0.15, 0.2) is 23.3 Å². The zero-order valence-electron chi connectivity index (χ0n) is 57.9. The molecule has 0 spiro atoms. The molecule has 510 valence electrons. The van der Waals surface area contributed by atoms with Gasteiger partial charge in [0.25, 0.3) is 6.43 Å². The molecule has 0 fully saturated rings. The lowest BCUT2D eigenvalue weighted by Crippen LogP contribution is -1.95. The van der Waals surface area contributed by atoms with Crippen molar-refractivity contribution in [1.29, 1.82) is 0 Å². The summed E-state index contributed by atoms with van der Waals surface area (Å²) >= 11 is 0. The van der Waals surface area contributed by atoms with Crippen LogP contribution in [0.4, 0.5) is 52.7 Å². The number of benzene rings is 14. The second-order valence-corrected chi connectivity index (χ2v) is 25.5. The van der Waals surface area contributed by atoms with E-state index in [0.717, 1.165) is 87.8 Å². The first-order valence-electron chi connectivity index (χ1n) is 32.2. The molecule has 99 heavy (non-hydrogen) atoms. The number of hydrogen-bond acceptors (Lipinski definition) is 0. The number of aryl methyl sites for hydroxylation is 14. The largest absolute Gasteiger partial charge is 0.264 e. The van der Waals surface area contributed by atoms with Crippen molar-refractivity contribution < 1.29 is 52.7 Å². The summed E-state index contributed by atoms with van der Waals surface area (Å²) < 4.78 is 159. The van der Waals surface area contributed by atoms with E-state index >= 15 is 0 Å². The van der Waals surface area contributed by atoms with Crippen LogP contribution in [0.1, 0.15) is 101 Å². The SMILES string of the molecule is Cc1cc(C(F)F)c2cc(C)ccc2c1.Cc1cc(CF)c2cc(C)ccc2c1.Cc1cc(F)c2c(F)c(C)ccc2c1.Cc1cc2ccc(C)c(F)c2c(F)c1F.Cc1ccc2c(CF)c(C)ccc2c1.Cc1ccc2c(F)c(C)ccc2c1.Cc1ccc2cc(C)c(F)c(F)c2c1. The van der Waals surface area contributed by atoms with Crippen molar-refractivity contribution in [2.24, 2.45) is 0 Å². The van der Waals surface area contributed by atoms with E-state index in [1.807, 2.05) is 139 Å². The second kappa shape index (κ2) is 32.6. The predicted molar refractivity (Wildman–Crippen MR) is 388 cm³/mol. The maximum Gasteiger partial charge on any atom is 0.264 e. The molecular formula is C87H78F12. The van der Waals surface area contributed by atoms with Crippen molar-refractivity contribution in [3.8, 4) is 0 Å². The molecule has 0 atom stereocenters. The Morgan fingerprint density at radius 1 is 0.242 bits per heavy atom. The number of halogens is 12. The van der Waals surface area contributed by atoms with Crippen LogP contribution in [-0.4, -0.2) is 0 Å². The van der Waals surface area contributed by atoms with E-state index in [2.05, 4.69) is 37.3 Å². The fourth-order valence-corrected chi connectivity index (χ4v) is 11.8. The Morgan fingerprint density at radius 3 is 1.15 bits per heavy atom. The van der Waals surface area contributed by atoms with Gasteiger partial charge in [-0.05, 0) is 231 Å². The Bertz CT molecular complexity index is 5280. The van der Waals surface area contributed by atoms with Crippen LogP contribution in [0.3, 0.4) is 0 Å². The van der Waals surface area contributed by atoms with Gasteiger partial charge in [0.05, 0.1) is 10.8 Å². The molecule has 0 aliphatic carbocycles. The minimum absolute atomic E-state index is 0.0931.